The lowest BCUT2D eigenvalue weighted by Crippen LogP contribution is -2.25. The van der Waals surface area contributed by atoms with E-state index in [2.05, 4.69) is 25.7 Å². The van der Waals surface area contributed by atoms with Gasteiger partial charge in [-0.25, -0.2) is 0 Å². The zero-order valence-corrected chi connectivity index (χ0v) is 10.3. The fourth-order valence-electron chi connectivity index (χ4n) is 2.15. The van der Waals surface area contributed by atoms with E-state index in [1.54, 1.807) is 0 Å². The smallest absolute Gasteiger partial charge is 0.310 e. The third-order valence-electron chi connectivity index (χ3n) is 3.21. The van der Waals surface area contributed by atoms with Crippen molar-refractivity contribution in [2.75, 3.05) is 26.7 Å². The fourth-order valence-corrected chi connectivity index (χ4v) is 2.15. The summed E-state index contributed by atoms with van der Waals surface area (Å²) in [4.78, 5) is 13.8. The molecule has 1 aliphatic rings. The number of rotatable bonds is 4. The summed E-state index contributed by atoms with van der Waals surface area (Å²) in [6.07, 6.45) is 1.21. The third kappa shape index (κ3) is 3.49. The van der Waals surface area contributed by atoms with Crippen LogP contribution in [0.15, 0.2) is 0 Å². The maximum atomic E-state index is 11.5. The normalized spacial score (nSPS) is 27.3. The second-order valence-electron chi connectivity index (χ2n) is 5.05. The summed E-state index contributed by atoms with van der Waals surface area (Å²) in [5.41, 5.74) is 0. The number of ether oxygens (including phenoxy) is 1. The van der Waals surface area contributed by atoms with Crippen LogP contribution < -0.4 is 0 Å². The largest absolute Gasteiger partial charge is 0.469 e. The van der Waals surface area contributed by atoms with Crippen LogP contribution in [0.3, 0.4) is 0 Å². The minimum atomic E-state index is -0.0467. The van der Waals surface area contributed by atoms with Crippen LogP contribution in [0.1, 0.15) is 27.2 Å². The van der Waals surface area contributed by atoms with Gasteiger partial charge in [-0.15, -0.1) is 0 Å². The highest BCUT2D eigenvalue weighted by Gasteiger charge is 2.35. The monoisotopic (exact) mass is 213 g/mol. The Kier molecular flexibility index (Phi) is 4.58. The Balaban J connectivity index is 2.38. The van der Waals surface area contributed by atoms with Crippen molar-refractivity contribution in [1.29, 1.82) is 0 Å². The predicted molar refractivity (Wildman–Crippen MR) is 60.6 cm³/mol. The van der Waals surface area contributed by atoms with Crippen molar-refractivity contribution in [1.82, 2.24) is 4.90 Å². The standard InChI is InChI=1S/C12H23NO2/c1-9(2)5-6-13-7-10(3)11(8-13)12(14)15-4/h9-11H,5-8H2,1-4H3. The molecule has 2 atom stereocenters. The molecule has 1 saturated heterocycles. The van der Waals surface area contributed by atoms with Gasteiger partial charge in [0.15, 0.2) is 0 Å². The van der Waals surface area contributed by atoms with Crippen molar-refractivity contribution in [3.8, 4) is 0 Å². The van der Waals surface area contributed by atoms with Crippen LogP contribution in [0, 0.1) is 17.8 Å². The molecule has 3 nitrogen and oxygen atoms in total. The first-order valence-corrected chi connectivity index (χ1v) is 5.84. The summed E-state index contributed by atoms with van der Waals surface area (Å²) in [6, 6.07) is 0. The predicted octanol–water partition coefficient (Wildman–Crippen LogP) is 1.77. The molecule has 0 aromatic rings. The summed E-state index contributed by atoms with van der Waals surface area (Å²) in [6.45, 7) is 9.62. The number of hydrogen-bond acceptors (Lipinski definition) is 3. The van der Waals surface area contributed by atoms with Crippen molar-refractivity contribution < 1.29 is 9.53 Å². The summed E-state index contributed by atoms with van der Waals surface area (Å²) in [5, 5.41) is 0. The van der Waals surface area contributed by atoms with Crippen LogP contribution >= 0.6 is 0 Å². The summed E-state index contributed by atoms with van der Waals surface area (Å²) < 4.78 is 4.81. The molecule has 1 heterocycles. The second-order valence-corrected chi connectivity index (χ2v) is 5.05. The fraction of sp³-hybridized carbons (Fsp3) is 0.917. The number of hydrogen-bond donors (Lipinski definition) is 0. The van der Waals surface area contributed by atoms with E-state index in [0.29, 0.717) is 5.92 Å². The van der Waals surface area contributed by atoms with E-state index in [4.69, 9.17) is 4.74 Å². The SMILES string of the molecule is COC(=O)C1CN(CCC(C)C)CC1C. The molecular formula is C12H23NO2. The van der Waals surface area contributed by atoms with Crippen molar-refractivity contribution >= 4 is 5.97 Å². The molecule has 88 valence electrons. The van der Waals surface area contributed by atoms with Gasteiger partial charge in [0.1, 0.15) is 0 Å². The first-order chi connectivity index (χ1) is 7.04. The van der Waals surface area contributed by atoms with Gasteiger partial charge < -0.3 is 9.64 Å². The van der Waals surface area contributed by atoms with Gasteiger partial charge in [0.25, 0.3) is 0 Å². The van der Waals surface area contributed by atoms with E-state index in [1.807, 2.05) is 0 Å². The van der Waals surface area contributed by atoms with Crippen LogP contribution in [0.5, 0.6) is 0 Å². The van der Waals surface area contributed by atoms with E-state index in [-0.39, 0.29) is 11.9 Å². The minimum Gasteiger partial charge on any atom is -0.469 e. The molecule has 0 amide bonds. The highest BCUT2D eigenvalue weighted by Crippen LogP contribution is 2.24. The van der Waals surface area contributed by atoms with Crippen molar-refractivity contribution in [2.45, 2.75) is 27.2 Å². The van der Waals surface area contributed by atoms with Crippen LogP contribution in [0.4, 0.5) is 0 Å². The maximum absolute atomic E-state index is 11.5. The van der Waals surface area contributed by atoms with Crippen LogP contribution in [0.25, 0.3) is 0 Å². The van der Waals surface area contributed by atoms with Gasteiger partial charge in [-0.1, -0.05) is 20.8 Å². The Morgan fingerprint density at radius 1 is 1.47 bits per heavy atom. The molecular weight excluding hydrogens is 190 g/mol. The average Bonchev–Trinajstić information content (AvgIpc) is 2.55. The van der Waals surface area contributed by atoms with Gasteiger partial charge >= 0.3 is 5.97 Å². The number of nitrogens with zero attached hydrogens (tertiary/aromatic N) is 1. The Morgan fingerprint density at radius 3 is 2.67 bits per heavy atom. The van der Waals surface area contributed by atoms with E-state index in [9.17, 15) is 4.79 Å². The Labute approximate surface area is 92.8 Å². The lowest BCUT2D eigenvalue weighted by Gasteiger charge is -2.16. The molecule has 15 heavy (non-hydrogen) atoms. The van der Waals surface area contributed by atoms with Crippen molar-refractivity contribution in [3.63, 3.8) is 0 Å². The number of methoxy groups -OCH3 is 1. The first-order valence-electron chi connectivity index (χ1n) is 5.84. The highest BCUT2D eigenvalue weighted by molar-refractivity contribution is 5.73. The maximum Gasteiger partial charge on any atom is 0.310 e. The van der Waals surface area contributed by atoms with Gasteiger partial charge in [-0.2, -0.15) is 0 Å². The number of esters is 1. The quantitative estimate of drug-likeness (QED) is 0.667. The van der Waals surface area contributed by atoms with Gasteiger partial charge in [0, 0.05) is 13.1 Å². The van der Waals surface area contributed by atoms with Gasteiger partial charge in [-0.05, 0) is 24.8 Å². The summed E-state index contributed by atoms with van der Waals surface area (Å²) in [7, 11) is 1.48. The molecule has 3 heteroatoms. The Hall–Kier alpha value is -0.570. The molecule has 2 unspecified atom stereocenters. The second kappa shape index (κ2) is 5.50. The molecule has 0 aliphatic carbocycles. The molecule has 0 spiro atoms. The van der Waals surface area contributed by atoms with Crippen molar-refractivity contribution in [2.24, 2.45) is 17.8 Å². The molecule has 0 radical (unpaired) electrons. The molecule has 0 aromatic heterocycles. The zero-order chi connectivity index (χ0) is 11.4. The summed E-state index contributed by atoms with van der Waals surface area (Å²) in [5.74, 6) is 1.21. The zero-order valence-electron chi connectivity index (χ0n) is 10.3. The van der Waals surface area contributed by atoms with E-state index in [0.717, 1.165) is 25.6 Å². The lowest BCUT2D eigenvalue weighted by molar-refractivity contribution is -0.146. The Bertz CT molecular complexity index is 216. The van der Waals surface area contributed by atoms with Crippen LogP contribution in [-0.2, 0) is 9.53 Å². The Morgan fingerprint density at radius 2 is 2.13 bits per heavy atom. The first kappa shape index (κ1) is 12.5. The van der Waals surface area contributed by atoms with Crippen molar-refractivity contribution in [3.05, 3.63) is 0 Å². The summed E-state index contributed by atoms with van der Waals surface area (Å²) >= 11 is 0. The molecule has 1 aliphatic heterocycles. The topological polar surface area (TPSA) is 29.5 Å². The molecule has 1 rings (SSSR count). The average molecular weight is 213 g/mol. The van der Waals surface area contributed by atoms with Crippen LogP contribution in [0.2, 0.25) is 0 Å². The van der Waals surface area contributed by atoms with Crippen LogP contribution in [-0.4, -0.2) is 37.6 Å². The van der Waals surface area contributed by atoms with E-state index in [1.165, 1.54) is 13.5 Å². The number of likely N-dealkylation sites (tertiary alicyclic amines) is 1. The molecule has 1 fully saturated rings. The van der Waals surface area contributed by atoms with E-state index >= 15 is 0 Å². The van der Waals surface area contributed by atoms with Gasteiger partial charge in [0.05, 0.1) is 13.0 Å². The minimum absolute atomic E-state index is 0.0467. The molecule has 0 N–H and O–H groups in total. The highest BCUT2D eigenvalue weighted by atomic mass is 16.5. The lowest BCUT2D eigenvalue weighted by atomic mass is 9.99. The van der Waals surface area contributed by atoms with E-state index < -0.39 is 0 Å². The van der Waals surface area contributed by atoms with Gasteiger partial charge in [0.2, 0.25) is 0 Å². The molecule has 0 saturated carbocycles. The number of carbonyl (C=O) groups excluding carboxylic acids is 1. The molecule has 0 bridgehead atoms. The molecule has 0 aromatic carbocycles. The van der Waals surface area contributed by atoms with Gasteiger partial charge in [-0.3, -0.25) is 4.79 Å². The third-order valence-corrected chi connectivity index (χ3v) is 3.21. The number of carbonyl (C=O) groups is 1.